The summed E-state index contributed by atoms with van der Waals surface area (Å²) in [6, 6.07) is 14.1. The van der Waals surface area contributed by atoms with E-state index in [1.54, 1.807) is 28.0 Å². The number of benzene rings is 2. The van der Waals surface area contributed by atoms with Crippen molar-refractivity contribution in [2.75, 3.05) is 32.8 Å². The molecule has 1 heterocycles. The fourth-order valence-corrected chi connectivity index (χ4v) is 3.64. The van der Waals surface area contributed by atoms with Crippen molar-refractivity contribution in [1.29, 1.82) is 0 Å². The molecule has 5 nitrogen and oxygen atoms in total. The molecule has 0 bridgehead atoms. The van der Waals surface area contributed by atoms with E-state index in [1.807, 2.05) is 31.2 Å². The van der Waals surface area contributed by atoms with E-state index in [1.165, 1.54) is 6.07 Å². The Kier molecular flexibility index (Phi) is 6.41. The molecule has 148 valence electrons. The van der Waals surface area contributed by atoms with Crippen LogP contribution in [0.1, 0.15) is 12.5 Å². The summed E-state index contributed by atoms with van der Waals surface area (Å²) in [6.07, 6.45) is 0.488. The van der Waals surface area contributed by atoms with Crippen LogP contribution in [0.15, 0.2) is 48.5 Å². The Morgan fingerprint density at radius 2 is 1.86 bits per heavy atom. The molecule has 1 aliphatic rings. The predicted molar refractivity (Wildman–Crippen MR) is 105 cm³/mol. The van der Waals surface area contributed by atoms with Crippen molar-refractivity contribution < 1.29 is 19.1 Å². The number of aliphatic hydroxyl groups is 1. The predicted octanol–water partition coefficient (Wildman–Crippen LogP) is 2.33. The minimum absolute atomic E-state index is 0.0221. The maximum Gasteiger partial charge on any atom is 0.248 e. The number of likely N-dealkylation sites (N-methyl/N-ethyl adjacent to an activating group) is 1. The van der Waals surface area contributed by atoms with E-state index in [2.05, 4.69) is 0 Å². The van der Waals surface area contributed by atoms with E-state index in [9.17, 15) is 19.1 Å². The van der Waals surface area contributed by atoms with Gasteiger partial charge in [0, 0.05) is 31.7 Å². The zero-order chi connectivity index (χ0) is 20.1. The smallest absolute Gasteiger partial charge is 0.248 e. The lowest BCUT2D eigenvalue weighted by Crippen LogP contribution is -2.38. The summed E-state index contributed by atoms with van der Waals surface area (Å²) in [5, 5.41) is 9.18. The molecule has 1 saturated heterocycles. The van der Waals surface area contributed by atoms with Crippen molar-refractivity contribution in [2.45, 2.75) is 13.3 Å². The highest BCUT2D eigenvalue weighted by atomic mass is 19.1. The molecule has 2 aromatic carbocycles. The molecule has 28 heavy (non-hydrogen) atoms. The molecule has 1 N–H and O–H groups in total. The average Bonchev–Trinajstić information content (AvgIpc) is 2.87. The second-order valence-corrected chi connectivity index (χ2v) is 6.99. The average molecular weight is 384 g/mol. The van der Waals surface area contributed by atoms with Crippen LogP contribution in [0.3, 0.4) is 0 Å². The second-order valence-electron chi connectivity index (χ2n) is 6.99. The molecule has 2 amide bonds. The summed E-state index contributed by atoms with van der Waals surface area (Å²) >= 11 is 0. The number of carbonyl (C=O) groups is 2. The van der Waals surface area contributed by atoms with Crippen LogP contribution in [0.2, 0.25) is 0 Å². The van der Waals surface area contributed by atoms with Crippen LogP contribution in [-0.2, 0) is 16.0 Å². The largest absolute Gasteiger partial charge is 0.387 e. The van der Waals surface area contributed by atoms with Gasteiger partial charge in [-0.05, 0) is 30.5 Å². The maximum absolute atomic E-state index is 14.0. The molecule has 1 fully saturated rings. The third kappa shape index (κ3) is 4.39. The summed E-state index contributed by atoms with van der Waals surface area (Å²) in [4.78, 5) is 28.1. The summed E-state index contributed by atoms with van der Waals surface area (Å²) in [5.74, 6) is -0.970. The highest BCUT2D eigenvalue weighted by Crippen LogP contribution is 2.24. The Balaban J connectivity index is 1.78. The third-order valence-electron chi connectivity index (χ3n) is 5.23. The number of amides is 2. The van der Waals surface area contributed by atoms with Gasteiger partial charge < -0.3 is 14.9 Å². The van der Waals surface area contributed by atoms with Gasteiger partial charge >= 0.3 is 0 Å². The molecule has 0 aromatic heterocycles. The quantitative estimate of drug-likeness (QED) is 0.861. The van der Waals surface area contributed by atoms with E-state index < -0.39 is 6.61 Å². The third-order valence-corrected chi connectivity index (χ3v) is 5.23. The fraction of sp³-hybridized carbons (Fsp3) is 0.364. The molecule has 6 heteroatoms. The number of halogens is 1. The van der Waals surface area contributed by atoms with Gasteiger partial charge in [-0.3, -0.25) is 9.59 Å². The molecule has 0 spiro atoms. The molecule has 1 aliphatic heterocycles. The fourth-order valence-electron chi connectivity index (χ4n) is 3.64. The minimum atomic E-state index is -0.551. The molecule has 0 unspecified atom stereocenters. The van der Waals surface area contributed by atoms with Crippen molar-refractivity contribution in [1.82, 2.24) is 9.80 Å². The first kappa shape index (κ1) is 20.0. The maximum atomic E-state index is 14.0. The van der Waals surface area contributed by atoms with Crippen LogP contribution in [0, 0.1) is 11.7 Å². The lowest BCUT2D eigenvalue weighted by atomic mass is 9.95. The zero-order valence-electron chi connectivity index (χ0n) is 16.0. The van der Waals surface area contributed by atoms with E-state index >= 15 is 0 Å². The summed E-state index contributed by atoms with van der Waals surface area (Å²) in [6.45, 7) is 3.16. The van der Waals surface area contributed by atoms with Gasteiger partial charge in [-0.2, -0.15) is 0 Å². The highest BCUT2D eigenvalue weighted by Gasteiger charge is 2.31. The highest BCUT2D eigenvalue weighted by molar-refractivity contribution is 5.82. The number of aliphatic hydroxyl groups excluding tert-OH is 1. The van der Waals surface area contributed by atoms with Crippen molar-refractivity contribution in [3.63, 3.8) is 0 Å². The lowest BCUT2D eigenvalue weighted by Gasteiger charge is -2.23. The van der Waals surface area contributed by atoms with Gasteiger partial charge in [0.25, 0.3) is 0 Å². The molecule has 3 rings (SSSR count). The van der Waals surface area contributed by atoms with Crippen LogP contribution in [0.25, 0.3) is 11.1 Å². The van der Waals surface area contributed by atoms with Gasteiger partial charge in [0.15, 0.2) is 0 Å². The van der Waals surface area contributed by atoms with Crippen molar-refractivity contribution in [3.8, 4) is 11.1 Å². The molecule has 0 saturated carbocycles. The van der Waals surface area contributed by atoms with Crippen LogP contribution < -0.4 is 0 Å². The van der Waals surface area contributed by atoms with Crippen molar-refractivity contribution in [3.05, 3.63) is 59.9 Å². The first-order valence-electron chi connectivity index (χ1n) is 9.54. The van der Waals surface area contributed by atoms with Crippen LogP contribution >= 0.6 is 0 Å². The Hall–Kier alpha value is -2.73. The Bertz CT molecular complexity index is 838. The van der Waals surface area contributed by atoms with Gasteiger partial charge in [-0.1, -0.05) is 42.5 Å². The second kappa shape index (κ2) is 8.97. The molecular formula is C22H25FN2O3. The number of carbonyl (C=O) groups excluding carboxylic acids is 2. The summed E-state index contributed by atoms with van der Waals surface area (Å²) < 4.78 is 14.0. The van der Waals surface area contributed by atoms with Gasteiger partial charge in [-0.25, -0.2) is 4.39 Å². The summed E-state index contributed by atoms with van der Waals surface area (Å²) in [7, 11) is 0. The first-order chi connectivity index (χ1) is 13.5. The van der Waals surface area contributed by atoms with E-state index in [0.717, 1.165) is 11.1 Å². The van der Waals surface area contributed by atoms with E-state index in [4.69, 9.17) is 0 Å². The molecule has 0 radical (unpaired) electrons. The molecule has 0 aliphatic carbocycles. The molecular weight excluding hydrogens is 359 g/mol. The van der Waals surface area contributed by atoms with Crippen LogP contribution in [-0.4, -0.2) is 59.5 Å². The number of nitrogens with zero attached hydrogens (tertiary/aromatic N) is 2. The Morgan fingerprint density at radius 1 is 1.14 bits per heavy atom. The monoisotopic (exact) mass is 384 g/mol. The Morgan fingerprint density at radius 3 is 2.50 bits per heavy atom. The minimum Gasteiger partial charge on any atom is -0.387 e. The standard InChI is InChI=1S/C22H25FN2O3/c1-2-24-11-12-25(21(27)15-26)14-18(22(24)28)13-16-7-9-17(10-8-16)19-5-3-4-6-20(19)23/h3-10,18,26H,2,11-15H2,1H3/t18-/m1/s1. The first-order valence-corrected chi connectivity index (χ1v) is 9.54. The SMILES string of the molecule is CCN1CCN(C(=O)CO)C[C@@H](Cc2ccc(-c3ccccc3F)cc2)C1=O. The van der Waals surface area contributed by atoms with Crippen molar-refractivity contribution >= 4 is 11.8 Å². The normalized spacial score (nSPS) is 17.5. The van der Waals surface area contributed by atoms with Crippen molar-refractivity contribution in [2.24, 2.45) is 5.92 Å². The van der Waals surface area contributed by atoms with Crippen LogP contribution in [0.4, 0.5) is 4.39 Å². The van der Waals surface area contributed by atoms with Gasteiger partial charge in [0.1, 0.15) is 12.4 Å². The Labute approximate surface area is 164 Å². The molecule has 2 aromatic rings. The van der Waals surface area contributed by atoms with Crippen LogP contribution in [0.5, 0.6) is 0 Å². The lowest BCUT2D eigenvalue weighted by molar-refractivity contribution is -0.135. The number of hydrogen-bond acceptors (Lipinski definition) is 3. The molecule has 1 atom stereocenters. The van der Waals surface area contributed by atoms with E-state index in [0.29, 0.717) is 38.2 Å². The number of rotatable bonds is 5. The summed E-state index contributed by atoms with van der Waals surface area (Å²) in [5.41, 5.74) is 2.27. The van der Waals surface area contributed by atoms with Gasteiger partial charge in [0.2, 0.25) is 11.8 Å². The topological polar surface area (TPSA) is 60.9 Å². The van der Waals surface area contributed by atoms with E-state index in [-0.39, 0.29) is 23.5 Å². The zero-order valence-corrected chi connectivity index (χ0v) is 16.0. The number of hydrogen-bond donors (Lipinski definition) is 1. The van der Waals surface area contributed by atoms with Gasteiger partial charge in [-0.15, -0.1) is 0 Å². The van der Waals surface area contributed by atoms with Gasteiger partial charge in [0.05, 0.1) is 5.92 Å².